The van der Waals surface area contributed by atoms with Gasteiger partial charge in [0, 0.05) is 36.9 Å². The number of carbonyl (C=O) groups excluding carboxylic acids is 1. The largest absolute Gasteiger partial charge is 0.310 e. The minimum Gasteiger partial charge on any atom is -0.310 e. The molecule has 3 heterocycles. The Morgan fingerprint density at radius 3 is 2.26 bits per heavy atom. The van der Waals surface area contributed by atoms with Crippen molar-refractivity contribution in [3.05, 3.63) is 77.6 Å². The molecule has 0 unspecified atom stereocenters. The molecule has 0 bridgehead atoms. The van der Waals surface area contributed by atoms with E-state index < -0.39 is 0 Å². The van der Waals surface area contributed by atoms with E-state index in [1.54, 1.807) is 12.4 Å². The molecular formula is C22H20N4O. The molecule has 2 aliphatic rings. The Morgan fingerprint density at radius 1 is 0.815 bits per heavy atom. The average molecular weight is 356 g/mol. The Kier molecular flexibility index (Phi) is 3.85. The molecule has 5 nitrogen and oxygen atoms in total. The van der Waals surface area contributed by atoms with Crippen molar-refractivity contribution >= 4 is 23.2 Å². The molecule has 3 aromatic rings. The summed E-state index contributed by atoms with van der Waals surface area (Å²) in [6, 6.07) is 16.4. The SMILES string of the molecule is O=C(c1cnc(N2CCCc3ccccc32)nc1)N1CCc2ccccc21. The Labute approximate surface area is 158 Å². The topological polar surface area (TPSA) is 49.3 Å². The lowest BCUT2D eigenvalue weighted by atomic mass is 10.0. The number of fused-ring (bicyclic) bond motifs is 2. The van der Waals surface area contributed by atoms with Crippen LogP contribution in [0.15, 0.2) is 60.9 Å². The lowest BCUT2D eigenvalue weighted by molar-refractivity contribution is 0.0988. The van der Waals surface area contributed by atoms with E-state index in [0.717, 1.165) is 37.2 Å². The number of rotatable bonds is 2. The van der Waals surface area contributed by atoms with Crippen LogP contribution in [0.5, 0.6) is 0 Å². The van der Waals surface area contributed by atoms with Crippen molar-refractivity contribution in [3.63, 3.8) is 0 Å². The molecule has 1 aromatic heterocycles. The van der Waals surface area contributed by atoms with E-state index in [9.17, 15) is 4.79 Å². The molecule has 1 amide bonds. The van der Waals surface area contributed by atoms with Crippen molar-refractivity contribution < 1.29 is 4.79 Å². The molecule has 0 fully saturated rings. The zero-order valence-corrected chi connectivity index (χ0v) is 15.0. The van der Waals surface area contributed by atoms with Crippen LogP contribution in [0.2, 0.25) is 0 Å². The van der Waals surface area contributed by atoms with Gasteiger partial charge in [-0.2, -0.15) is 0 Å². The fourth-order valence-corrected chi connectivity index (χ4v) is 4.02. The van der Waals surface area contributed by atoms with Gasteiger partial charge in [-0.05, 0) is 42.5 Å². The van der Waals surface area contributed by atoms with Crippen LogP contribution in [-0.2, 0) is 12.8 Å². The summed E-state index contributed by atoms with van der Waals surface area (Å²) in [6.07, 6.45) is 6.36. The number of benzene rings is 2. The van der Waals surface area contributed by atoms with Gasteiger partial charge in [0.05, 0.1) is 5.56 Å². The van der Waals surface area contributed by atoms with Crippen LogP contribution in [0.1, 0.15) is 27.9 Å². The third kappa shape index (κ3) is 2.76. The van der Waals surface area contributed by atoms with Crippen LogP contribution in [-0.4, -0.2) is 29.0 Å². The number of amides is 1. The van der Waals surface area contributed by atoms with Crippen molar-refractivity contribution in [3.8, 4) is 0 Å². The molecule has 134 valence electrons. The first-order valence-electron chi connectivity index (χ1n) is 9.38. The van der Waals surface area contributed by atoms with E-state index in [4.69, 9.17) is 0 Å². The van der Waals surface area contributed by atoms with Gasteiger partial charge >= 0.3 is 0 Å². The monoisotopic (exact) mass is 356 g/mol. The van der Waals surface area contributed by atoms with Crippen molar-refractivity contribution in [2.24, 2.45) is 0 Å². The predicted octanol–water partition coefficient (Wildman–Crippen LogP) is 3.76. The molecule has 0 saturated heterocycles. The average Bonchev–Trinajstić information content (AvgIpc) is 3.17. The van der Waals surface area contributed by atoms with Crippen LogP contribution in [0.25, 0.3) is 0 Å². The summed E-state index contributed by atoms with van der Waals surface area (Å²) in [5, 5.41) is 0. The maximum absolute atomic E-state index is 12.9. The smallest absolute Gasteiger partial charge is 0.261 e. The van der Waals surface area contributed by atoms with Gasteiger partial charge in [-0.3, -0.25) is 4.79 Å². The van der Waals surface area contributed by atoms with E-state index in [-0.39, 0.29) is 5.91 Å². The molecule has 5 heteroatoms. The quantitative estimate of drug-likeness (QED) is 0.701. The number of aromatic nitrogens is 2. The highest BCUT2D eigenvalue weighted by molar-refractivity contribution is 6.07. The zero-order valence-electron chi connectivity index (χ0n) is 15.0. The van der Waals surface area contributed by atoms with Gasteiger partial charge in [0.2, 0.25) is 5.95 Å². The molecule has 2 aromatic carbocycles. The lowest BCUT2D eigenvalue weighted by Gasteiger charge is -2.29. The summed E-state index contributed by atoms with van der Waals surface area (Å²) in [7, 11) is 0. The summed E-state index contributed by atoms with van der Waals surface area (Å²) in [5.41, 5.74) is 5.23. The Hall–Kier alpha value is -3.21. The standard InChI is InChI=1S/C22H20N4O/c27-21(25-13-11-17-7-2-3-9-19(17)25)18-14-23-22(24-15-18)26-12-5-8-16-6-1-4-10-20(16)26/h1-4,6-7,9-10,14-15H,5,8,11-13H2. The molecule has 2 aliphatic heterocycles. The van der Waals surface area contributed by atoms with Gasteiger partial charge < -0.3 is 9.80 Å². The van der Waals surface area contributed by atoms with Crippen molar-refractivity contribution in [2.45, 2.75) is 19.3 Å². The lowest BCUT2D eigenvalue weighted by Crippen LogP contribution is -2.30. The molecule has 0 saturated carbocycles. The summed E-state index contributed by atoms with van der Waals surface area (Å²) in [4.78, 5) is 25.9. The summed E-state index contributed by atoms with van der Waals surface area (Å²) < 4.78 is 0. The normalized spacial score (nSPS) is 15.4. The third-order valence-corrected chi connectivity index (χ3v) is 5.37. The molecule has 0 N–H and O–H groups in total. The number of anilines is 3. The highest BCUT2D eigenvalue weighted by Crippen LogP contribution is 2.32. The Bertz CT molecular complexity index is 999. The van der Waals surface area contributed by atoms with Crippen molar-refractivity contribution in [1.29, 1.82) is 0 Å². The minimum absolute atomic E-state index is 0.0365. The minimum atomic E-state index is -0.0365. The van der Waals surface area contributed by atoms with Crippen LogP contribution in [0, 0.1) is 0 Å². The number of hydrogen-bond acceptors (Lipinski definition) is 4. The second kappa shape index (κ2) is 6.50. The molecular weight excluding hydrogens is 336 g/mol. The number of para-hydroxylation sites is 2. The highest BCUT2D eigenvalue weighted by atomic mass is 16.2. The summed E-state index contributed by atoms with van der Waals surface area (Å²) >= 11 is 0. The van der Waals surface area contributed by atoms with Crippen molar-refractivity contribution in [2.75, 3.05) is 22.9 Å². The van der Waals surface area contributed by atoms with Gasteiger partial charge in [-0.25, -0.2) is 9.97 Å². The molecule has 27 heavy (non-hydrogen) atoms. The van der Waals surface area contributed by atoms with E-state index in [1.807, 2.05) is 29.2 Å². The molecule has 0 atom stereocenters. The van der Waals surface area contributed by atoms with Gasteiger partial charge in [-0.1, -0.05) is 36.4 Å². The van der Waals surface area contributed by atoms with Gasteiger partial charge in [0.1, 0.15) is 0 Å². The second-order valence-corrected chi connectivity index (χ2v) is 6.99. The first kappa shape index (κ1) is 16.0. The first-order valence-corrected chi connectivity index (χ1v) is 9.38. The number of nitrogens with zero attached hydrogens (tertiary/aromatic N) is 4. The fraction of sp³-hybridized carbons (Fsp3) is 0.227. The van der Waals surface area contributed by atoms with Gasteiger partial charge in [-0.15, -0.1) is 0 Å². The van der Waals surface area contributed by atoms with E-state index >= 15 is 0 Å². The van der Waals surface area contributed by atoms with Crippen LogP contribution in [0.4, 0.5) is 17.3 Å². The van der Waals surface area contributed by atoms with Gasteiger partial charge in [0.25, 0.3) is 5.91 Å². The van der Waals surface area contributed by atoms with Gasteiger partial charge in [0.15, 0.2) is 0 Å². The van der Waals surface area contributed by atoms with E-state index in [2.05, 4.69) is 39.1 Å². The third-order valence-electron chi connectivity index (χ3n) is 5.37. The maximum atomic E-state index is 12.9. The highest BCUT2D eigenvalue weighted by Gasteiger charge is 2.26. The molecule has 5 rings (SSSR count). The molecule has 0 aliphatic carbocycles. The predicted molar refractivity (Wildman–Crippen MR) is 106 cm³/mol. The molecule has 0 radical (unpaired) electrons. The van der Waals surface area contributed by atoms with Crippen LogP contribution >= 0.6 is 0 Å². The van der Waals surface area contributed by atoms with E-state index in [0.29, 0.717) is 18.1 Å². The summed E-state index contributed by atoms with van der Waals surface area (Å²) in [6.45, 7) is 1.60. The van der Waals surface area contributed by atoms with Crippen molar-refractivity contribution in [1.82, 2.24) is 9.97 Å². The maximum Gasteiger partial charge on any atom is 0.261 e. The first-order chi connectivity index (χ1) is 13.3. The number of carbonyl (C=O) groups is 1. The van der Waals surface area contributed by atoms with Crippen LogP contribution < -0.4 is 9.80 Å². The van der Waals surface area contributed by atoms with Crippen LogP contribution in [0.3, 0.4) is 0 Å². The Balaban J connectivity index is 1.41. The Morgan fingerprint density at radius 2 is 1.48 bits per heavy atom. The summed E-state index contributed by atoms with van der Waals surface area (Å²) in [5.74, 6) is 0.617. The molecule has 0 spiro atoms. The fourth-order valence-electron chi connectivity index (χ4n) is 4.02. The second-order valence-electron chi connectivity index (χ2n) is 6.99. The zero-order chi connectivity index (χ0) is 18.2. The van der Waals surface area contributed by atoms with E-state index in [1.165, 1.54) is 11.1 Å². The number of aryl methyl sites for hydroxylation is 1. The number of hydrogen-bond donors (Lipinski definition) is 0.